The lowest BCUT2D eigenvalue weighted by Gasteiger charge is -2.18. The molecule has 1 fully saturated rings. The second kappa shape index (κ2) is 10.2. The third kappa shape index (κ3) is 4.80. The Kier molecular flexibility index (Phi) is 6.64. The molecule has 2 atom stereocenters. The molecule has 0 amide bonds. The summed E-state index contributed by atoms with van der Waals surface area (Å²) in [5.74, 6) is 2.42. The summed E-state index contributed by atoms with van der Waals surface area (Å²) in [6.07, 6.45) is 5.30. The summed E-state index contributed by atoms with van der Waals surface area (Å²) >= 11 is 0. The topological polar surface area (TPSA) is 77.0 Å². The summed E-state index contributed by atoms with van der Waals surface area (Å²) in [6.45, 7) is 6.05. The number of ether oxygens (including phenoxy) is 3. The summed E-state index contributed by atoms with van der Waals surface area (Å²) in [4.78, 5) is 11.2. The standard InChI is InChI=1S/C32H35NO5/c1-19-12-24(36-16-21-6-3-4-7-21)13-20(2)31(19)27-9-5-8-26-28(18-38-32(26)27)33-23-10-11-25-22(14-30(34)35)17-37-29(25)15-23/h5,8-13,15,21-22,28,33H,3-4,6-7,14,16-18H2,1-2H3,(H,34,35)/t22-,28-/m1/s1. The SMILES string of the molecule is Cc1cc(OCC2CCCC2)cc(C)c1-c1cccc2c1OC[C@H]2Nc1ccc2c(c1)OC[C@H]2CC(=O)O. The normalized spacial score (nSPS) is 19.9. The summed E-state index contributed by atoms with van der Waals surface area (Å²) < 4.78 is 18.3. The molecule has 0 saturated heterocycles. The van der Waals surface area contributed by atoms with E-state index in [1.165, 1.54) is 42.4 Å². The minimum Gasteiger partial charge on any atom is -0.493 e. The maximum absolute atomic E-state index is 11.2. The monoisotopic (exact) mass is 513 g/mol. The molecule has 198 valence electrons. The van der Waals surface area contributed by atoms with Gasteiger partial charge in [-0.25, -0.2) is 0 Å². The molecule has 2 heterocycles. The van der Waals surface area contributed by atoms with Gasteiger partial charge in [0.2, 0.25) is 0 Å². The number of aliphatic carboxylic acids is 1. The van der Waals surface area contributed by atoms with Gasteiger partial charge in [-0.3, -0.25) is 4.79 Å². The lowest BCUT2D eigenvalue weighted by atomic mass is 9.92. The average molecular weight is 514 g/mol. The van der Waals surface area contributed by atoms with Crippen molar-refractivity contribution in [2.24, 2.45) is 5.92 Å². The smallest absolute Gasteiger partial charge is 0.304 e. The second-order valence-electron chi connectivity index (χ2n) is 11.0. The lowest BCUT2D eigenvalue weighted by Crippen LogP contribution is -2.11. The van der Waals surface area contributed by atoms with Gasteiger partial charge in [0.25, 0.3) is 0 Å². The molecule has 0 aromatic heterocycles. The van der Waals surface area contributed by atoms with Gasteiger partial charge < -0.3 is 24.6 Å². The number of benzene rings is 3. The van der Waals surface area contributed by atoms with Crippen LogP contribution in [0.3, 0.4) is 0 Å². The highest BCUT2D eigenvalue weighted by Gasteiger charge is 2.30. The molecule has 6 nitrogen and oxygen atoms in total. The zero-order valence-corrected chi connectivity index (χ0v) is 22.1. The van der Waals surface area contributed by atoms with Crippen LogP contribution in [0.1, 0.15) is 66.3 Å². The predicted molar refractivity (Wildman–Crippen MR) is 148 cm³/mol. The number of rotatable bonds is 8. The highest BCUT2D eigenvalue weighted by molar-refractivity contribution is 5.79. The second-order valence-corrected chi connectivity index (χ2v) is 11.0. The number of carbonyl (C=O) groups is 1. The third-order valence-corrected chi connectivity index (χ3v) is 8.21. The van der Waals surface area contributed by atoms with Crippen molar-refractivity contribution in [3.05, 3.63) is 70.8 Å². The van der Waals surface area contributed by atoms with Crippen LogP contribution in [0.2, 0.25) is 0 Å². The van der Waals surface area contributed by atoms with Crippen molar-refractivity contribution in [2.45, 2.75) is 57.9 Å². The zero-order valence-electron chi connectivity index (χ0n) is 22.1. The first kappa shape index (κ1) is 24.7. The van der Waals surface area contributed by atoms with E-state index in [9.17, 15) is 4.79 Å². The first-order chi connectivity index (χ1) is 18.5. The van der Waals surface area contributed by atoms with Crippen LogP contribution in [0.4, 0.5) is 5.69 Å². The first-order valence-electron chi connectivity index (χ1n) is 13.7. The average Bonchev–Trinajstić information content (AvgIpc) is 3.64. The molecule has 1 saturated carbocycles. The van der Waals surface area contributed by atoms with E-state index in [0.29, 0.717) is 19.1 Å². The van der Waals surface area contributed by atoms with E-state index in [2.05, 4.69) is 49.5 Å². The molecule has 0 spiro atoms. The van der Waals surface area contributed by atoms with E-state index in [1.807, 2.05) is 18.2 Å². The van der Waals surface area contributed by atoms with E-state index < -0.39 is 5.97 Å². The predicted octanol–water partition coefficient (Wildman–Crippen LogP) is 7.04. The van der Waals surface area contributed by atoms with Gasteiger partial charge in [0, 0.05) is 34.4 Å². The first-order valence-corrected chi connectivity index (χ1v) is 13.7. The van der Waals surface area contributed by atoms with Gasteiger partial charge in [0.05, 0.1) is 25.7 Å². The van der Waals surface area contributed by atoms with Crippen LogP contribution < -0.4 is 19.5 Å². The van der Waals surface area contributed by atoms with Crippen LogP contribution in [0.5, 0.6) is 17.2 Å². The molecule has 6 heteroatoms. The van der Waals surface area contributed by atoms with Crippen LogP contribution in [-0.4, -0.2) is 30.9 Å². The van der Waals surface area contributed by atoms with Crippen molar-refractivity contribution in [2.75, 3.05) is 25.1 Å². The Morgan fingerprint density at radius 3 is 2.55 bits per heavy atom. The number of para-hydroxylation sites is 1. The Morgan fingerprint density at radius 1 is 1.00 bits per heavy atom. The van der Waals surface area contributed by atoms with Crippen LogP contribution in [-0.2, 0) is 4.79 Å². The molecule has 3 aromatic rings. The van der Waals surface area contributed by atoms with Gasteiger partial charge in [-0.2, -0.15) is 0 Å². The fourth-order valence-electron chi connectivity index (χ4n) is 6.33. The Balaban J connectivity index is 1.21. The highest BCUT2D eigenvalue weighted by atomic mass is 16.5. The minimum absolute atomic E-state index is 0.00819. The summed E-state index contributed by atoms with van der Waals surface area (Å²) in [5, 5.41) is 12.8. The summed E-state index contributed by atoms with van der Waals surface area (Å²) in [5.41, 5.74) is 7.71. The van der Waals surface area contributed by atoms with E-state index in [1.54, 1.807) is 0 Å². The molecule has 1 aliphatic carbocycles. The molecular weight excluding hydrogens is 478 g/mol. The Labute approximate surface area is 223 Å². The van der Waals surface area contributed by atoms with Crippen molar-refractivity contribution in [1.29, 1.82) is 0 Å². The van der Waals surface area contributed by atoms with Crippen molar-refractivity contribution in [1.82, 2.24) is 0 Å². The Hall–Kier alpha value is -3.67. The molecular formula is C32H35NO5. The number of hydrogen-bond acceptors (Lipinski definition) is 5. The fraction of sp³-hybridized carbons (Fsp3) is 0.406. The molecule has 38 heavy (non-hydrogen) atoms. The van der Waals surface area contributed by atoms with E-state index in [0.717, 1.165) is 46.2 Å². The van der Waals surface area contributed by atoms with Crippen LogP contribution in [0.25, 0.3) is 11.1 Å². The van der Waals surface area contributed by atoms with Gasteiger partial charge in [-0.05, 0) is 67.5 Å². The minimum atomic E-state index is -0.805. The molecule has 6 rings (SSSR count). The summed E-state index contributed by atoms with van der Waals surface area (Å²) in [7, 11) is 0. The number of fused-ring (bicyclic) bond motifs is 2. The molecule has 0 unspecified atom stereocenters. The van der Waals surface area contributed by atoms with Crippen molar-refractivity contribution >= 4 is 11.7 Å². The molecule has 3 aromatic carbocycles. The van der Waals surface area contributed by atoms with Gasteiger partial charge in [0.15, 0.2) is 0 Å². The highest BCUT2D eigenvalue weighted by Crippen LogP contribution is 2.45. The Bertz CT molecular complexity index is 1340. The number of nitrogens with one attached hydrogen (secondary N) is 1. The van der Waals surface area contributed by atoms with E-state index in [-0.39, 0.29) is 18.4 Å². The lowest BCUT2D eigenvalue weighted by molar-refractivity contribution is -0.137. The molecule has 0 radical (unpaired) electrons. The summed E-state index contributed by atoms with van der Waals surface area (Å²) in [6, 6.07) is 16.6. The molecule has 0 bridgehead atoms. The number of hydrogen-bond donors (Lipinski definition) is 2. The van der Waals surface area contributed by atoms with Crippen LogP contribution in [0, 0.1) is 19.8 Å². The number of carboxylic acid groups (broad SMARTS) is 1. The number of anilines is 1. The maximum Gasteiger partial charge on any atom is 0.304 e. The largest absolute Gasteiger partial charge is 0.493 e. The fourth-order valence-corrected chi connectivity index (χ4v) is 6.33. The zero-order chi connectivity index (χ0) is 26.2. The van der Waals surface area contributed by atoms with Gasteiger partial charge >= 0.3 is 5.97 Å². The van der Waals surface area contributed by atoms with Crippen molar-refractivity contribution in [3.63, 3.8) is 0 Å². The quantitative estimate of drug-likeness (QED) is 0.337. The van der Waals surface area contributed by atoms with Gasteiger partial charge in [-0.1, -0.05) is 37.1 Å². The van der Waals surface area contributed by atoms with Crippen LogP contribution >= 0.6 is 0 Å². The van der Waals surface area contributed by atoms with Crippen molar-refractivity contribution in [3.8, 4) is 28.4 Å². The molecule has 2 aliphatic heterocycles. The van der Waals surface area contributed by atoms with Crippen molar-refractivity contribution < 1.29 is 24.1 Å². The van der Waals surface area contributed by atoms with Gasteiger partial charge in [0.1, 0.15) is 23.9 Å². The molecule has 2 N–H and O–H groups in total. The van der Waals surface area contributed by atoms with E-state index in [4.69, 9.17) is 19.3 Å². The third-order valence-electron chi connectivity index (χ3n) is 8.21. The van der Waals surface area contributed by atoms with Gasteiger partial charge in [-0.15, -0.1) is 0 Å². The molecule has 3 aliphatic rings. The number of aryl methyl sites for hydroxylation is 2. The Morgan fingerprint density at radius 2 is 1.79 bits per heavy atom. The maximum atomic E-state index is 11.2. The van der Waals surface area contributed by atoms with Crippen LogP contribution in [0.15, 0.2) is 48.5 Å². The van der Waals surface area contributed by atoms with E-state index >= 15 is 0 Å². The number of carboxylic acids is 1.